The summed E-state index contributed by atoms with van der Waals surface area (Å²) in [4.78, 5) is 25.0. The summed E-state index contributed by atoms with van der Waals surface area (Å²) in [7, 11) is -2.62. The molecule has 1 aliphatic carbocycles. The van der Waals surface area contributed by atoms with Crippen LogP contribution in [-0.2, 0) is 23.2 Å². The number of esters is 1. The lowest BCUT2D eigenvalue weighted by Gasteiger charge is -2.40. The Morgan fingerprint density at radius 3 is 2.09 bits per heavy atom. The highest BCUT2D eigenvalue weighted by Crippen LogP contribution is 2.47. The molecule has 1 aliphatic rings. The molecule has 0 spiro atoms. The summed E-state index contributed by atoms with van der Waals surface area (Å²) >= 11 is 0. The number of ether oxygens (including phenoxy) is 1. The molecule has 1 fully saturated rings. The van der Waals surface area contributed by atoms with Gasteiger partial charge in [0.1, 0.15) is 5.78 Å². The summed E-state index contributed by atoms with van der Waals surface area (Å²) in [5.74, 6) is 0.0167. The normalized spacial score (nSPS) is 20.8. The smallest absolute Gasteiger partial charge is 0.305 e. The predicted molar refractivity (Wildman–Crippen MR) is 189 cm³/mol. The van der Waals surface area contributed by atoms with Gasteiger partial charge in [0, 0.05) is 24.7 Å². The summed E-state index contributed by atoms with van der Waals surface area (Å²) < 4.78 is 18.7. The SMILES string of the molecule is CCCCCC(O[Si](C)(C)C(C)(C)C)c1ccc([C@H]2[C@H](O[Si](C)(C)C(C)(C)C)CC(=O)[C@@H]2CC=CCCCC(=O)OC)cc1. The molecule has 1 aromatic carbocycles. The third kappa shape index (κ3) is 10.8. The lowest BCUT2D eigenvalue weighted by Crippen LogP contribution is -2.44. The number of carbonyl (C=O) groups is 2. The zero-order valence-corrected chi connectivity index (χ0v) is 32.2. The lowest BCUT2D eigenvalue weighted by atomic mass is 9.84. The van der Waals surface area contributed by atoms with Crippen LogP contribution < -0.4 is 0 Å². The number of allylic oxidation sites excluding steroid dienone is 2. The highest BCUT2D eigenvalue weighted by Gasteiger charge is 2.48. The Morgan fingerprint density at radius 2 is 1.55 bits per heavy atom. The van der Waals surface area contributed by atoms with Gasteiger partial charge in [0.05, 0.1) is 19.3 Å². The van der Waals surface area contributed by atoms with Crippen molar-refractivity contribution in [3.63, 3.8) is 0 Å². The van der Waals surface area contributed by atoms with Crippen LogP contribution in [-0.4, -0.2) is 41.6 Å². The number of hydrogen-bond acceptors (Lipinski definition) is 5. The Morgan fingerprint density at radius 1 is 0.932 bits per heavy atom. The second kappa shape index (κ2) is 16.3. The van der Waals surface area contributed by atoms with E-state index in [9.17, 15) is 9.59 Å². The molecule has 44 heavy (non-hydrogen) atoms. The van der Waals surface area contributed by atoms with Gasteiger partial charge in [-0.3, -0.25) is 9.59 Å². The van der Waals surface area contributed by atoms with Gasteiger partial charge in [-0.2, -0.15) is 0 Å². The minimum atomic E-state index is -2.09. The predicted octanol–water partition coefficient (Wildman–Crippen LogP) is 10.7. The van der Waals surface area contributed by atoms with Crippen LogP contribution in [0.2, 0.25) is 36.3 Å². The van der Waals surface area contributed by atoms with Gasteiger partial charge in [-0.1, -0.05) is 104 Å². The van der Waals surface area contributed by atoms with Crippen molar-refractivity contribution in [1.29, 1.82) is 0 Å². The van der Waals surface area contributed by atoms with E-state index in [0.29, 0.717) is 25.0 Å². The molecule has 1 aromatic rings. The molecule has 0 bridgehead atoms. The molecule has 0 aliphatic heterocycles. The van der Waals surface area contributed by atoms with E-state index in [-0.39, 0.29) is 40.1 Å². The van der Waals surface area contributed by atoms with Gasteiger partial charge in [0.15, 0.2) is 16.6 Å². The van der Waals surface area contributed by atoms with Crippen molar-refractivity contribution in [1.82, 2.24) is 0 Å². The zero-order valence-electron chi connectivity index (χ0n) is 30.2. The molecule has 1 saturated carbocycles. The molecule has 4 atom stereocenters. The number of hydrogen-bond donors (Lipinski definition) is 0. The molecule has 0 N–H and O–H groups in total. The van der Waals surface area contributed by atoms with Crippen LogP contribution in [0.4, 0.5) is 0 Å². The quantitative estimate of drug-likeness (QED) is 0.0775. The first kappa shape index (κ1) is 38.6. The first-order chi connectivity index (χ1) is 20.3. The fourth-order valence-corrected chi connectivity index (χ4v) is 8.16. The molecule has 0 aromatic heterocycles. The number of unbranched alkanes of at least 4 members (excludes halogenated alkanes) is 3. The second-order valence-electron chi connectivity index (χ2n) is 15.9. The van der Waals surface area contributed by atoms with Crippen LogP contribution in [0.1, 0.15) is 129 Å². The summed E-state index contributed by atoms with van der Waals surface area (Å²) in [6.45, 7) is 25.2. The maximum atomic E-state index is 13.5. The van der Waals surface area contributed by atoms with E-state index in [4.69, 9.17) is 13.6 Å². The third-order valence-electron chi connectivity index (χ3n) is 10.4. The Bertz CT molecular complexity index is 1080. The van der Waals surface area contributed by atoms with E-state index in [1.165, 1.54) is 31.1 Å². The Hall–Kier alpha value is -1.55. The van der Waals surface area contributed by atoms with Crippen molar-refractivity contribution in [3.8, 4) is 0 Å². The van der Waals surface area contributed by atoms with Gasteiger partial charge in [-0.25, -0.2) is 0 Å². The molecular weight excluding hydrogens is 581 g/mol. The van der Waals surface area contributed by atoms with Gasteiger partial charge < -0.3 is 13.6 Å². The van der Waals surface area contributed by atoms with Crippen molar-refractivity contribution in [3.05, 3.63) is 47.5 Å². The van der Waals surface area contributed by atoms with Crippen LogP contribution >= 0.6 is 0 Å². The minimum Gasteiger partial charge on any atom is -0.469 e. The largest absolute Gasteiger partial charge is 0.469 e. The van der Waals surface area contributed by atoms with Crippen molar-refractivity contribution in [2.45, 2.75) is 161 Å². The number of Topliss-reactive ketones (excluding diaryl/α,β-unsaturated/α-hetero) is 1. The fraction of sp³-hybridized carbons (Fsp3) is 0.730. The second-order valence-corrected chi connectivity index (χ2v) is 25.4. The standard InChI is InChI=1S/C37H64O5Si2/c1-13-14-17-21-32(41-43(9,10)36(2,3)4)28-23-25-29(26-24-28)35-30(20-18-15-16-19-22-34(39)40-8)31(38)27-33(35)42-44(11,12)37(5,6)7/h15,18,23-26,30,32-33,35H,13-14,16-17,19-22,27H2,1-12H3/t30-,32?,33+,35+/m0/s1. The van der Waals surface area contributed by atoms with E-state index in [2.05, 4.69) is 111 Å². The molecule has 0 amide bonds. The number of ketones is 1. The molecule has 7 heteroatoms. The van der Waals surface area contributed by atoms with Gasteiger partial charge in [0.25, 0.3) is 0 Å². The summed E-state index contributed by atoms with van der Waals surface area (Å²) in [6.07, 6.45) is 11.9. The van der Waals surface area contributed by atoms with Gasteiger partial charge in [0.2, 0.25) is 0 Å². The van der Waals surface area contributed by atoms with Crippen molar-refractivity contribution >= 4 is 28.4 Å². The first-order valence-electron chi connectivity index (χ1n) is 17.0. The number of benzene rings is 1. The fourth-order valence-electron chi connectivity index (χ4n) is 5.50. The van der Waals surface area contributed by atoms with Crippen LogP contribution in [0.15, 0.2) is 36.4 Å². The van der Waals surface area contributed by atoms with Crippen LogP contribution in [0.5, 0.6) is 0 Å². The number of carbonyl (C=O) groups excluding carboxylic acids is 2. The molecule has 0 saturated heterocycles. The minimum absolute atomic E-state index is 0.0187. The van der Waals surface area contributed by atoms with Gasteiger partial charge in [-0.05, 0) is 73.1 Å². The van der Waals surface area contributed by atoms with E-state index >= 15 is 0 Å². The van der Waals surface area contributed by atoms with Gasteiger partial charge >= 0.3 is 5.97 Å². The summed E-state index contributed by atoms with van der Waals surface area (Å²) in [5, 5.41) is 0.212. The molecule has 5 nitrogen and oxygen atoms in total. The summed E-state index contributed by atoms with van der Waals surface area (Å²) in [5.41, 5.74) is 2.43. The van der Waals surface area contributed by atoms with Crippen LogP contribution in [0.25, 0.3) is 0 Å². The molecule has 250 valence electrons. The van der Waals surface area contributed by atoms with Crippen LogP contribution in [0.3, 0.4) is 0 Å². The Balaban J connectivity index is 2.37. The number of methoxy groups -OCH3 is 1. The van der Waals surface area contributed by atoms with Gasteiger partial charge in [-0.15, -0.1) is 0 Å². The molecule has 0 radical (unpaired) electrons. The summed E-state index contributed by atoms with van der Waals surface area (Å²) in [6, 6.07) is 9.00. The first-order valence-corrected chi connectivity index (χ1v) is 22.9. The van der Waals surface area contributed by atoms with E-state index in [1.54, 1.807) is 0 Å². The topological polar surface area (TPSA) is 61.8 Å². The average Bonchev–Trinajstić information content (AvgIpc) is 3.22. The zero-order chi connectivity index (χ0) is 33.3. The molecular formula is C37H64O5Si2. The molecule has 1 unspecified atom stereocenters. The Kier molecular flexibility index (Phi) is 14.3. The maximum Gasteiger partial charge on any atom is 0.305 e. The maximum absolute atomic E-state index is 13.5. The third-order valence-corrected chi connectivity index (χ3v) is 19.4. The monoisotopic (exact) mass is 644 g/mol. The molecule has 0 heterocycles. The highest BCUT2D eigenvalue weighted by molar-refractivity contribution is 6.74. The molecule has 2 rings (SSSR count). The highest BCUT2D eigenvalue weighted by atomic mass is 28.4. The lowest BCUT2D eigenvalue weighted by molar-refractivity contribution is -0.140. The van der Waals surface area contributed by atoms with E-state index < -0.39 is 16.6 Å². The Labute approximate surface area is 272 Å². The van der Waals surface area contributed by atoms with E-state index in [1.807, 2.05) is 0 Å². The van der Waals surface area contributed by atoms with E-state index in [0.717, 1.165) is 25.7 Å². The van der Waals surface area contributed by atoms with Crippen molar-refractivity contribution in [2.24, 2.45) is 5.92 Å². The average molecular weight is 645 g/mol. The van der Waals surface area contributed by atoms with Crippen molar-refractivity contribution in [2.75, 3.05) is 7.11 Å². The van der Waals surface area contributed by atoms with Crippen molar-refractivity contribution < 1.29 is 23.2 Å². The number of rotatable bonds is 16. The van der Waals surface area contributed by atoms with Crippen LogP contribution in [0, 0.1) is 5.92 Å².